The highest BCUT2D eigenvalue weighted by atomic mass is 16.1. The fraction of sp³-hybridized carbons (Fsp3) is 0.278. The fourth-order valence-electron chi connectivity index (χ4n) is 2.42. The summed E-state index contributed by atoms with van der Waals surface area (Å²) in [6.45, 7) is 4.29. The molecule has 0 saturated heterocycles. The molecule has 0 aliphatic heterocycles. The number of hydrogen-bond donors (Lipinski definition) is 0. The minimum absolute atomic E-state index is 0.0476. The van der Waals surface area contributed by atoms with E-state index in [0.29, 0.717) is 5.92 Å². The van der Waals surface area contributed by atoms with Gasteiger partial charge in [0.15, 0.2) is 5.78 Å². The topological polar surface area (TPSA) is 17.1 Å². The molecular formula is C18H20O. The van der Waals surface area contributed by atoms with Crippen molar-refractivity contribution in [3.05, 3.63) is 71.8 Å². The maximum atomic E-state index is 12.7. The molecule has 2 aromatic carbocycles. The summed E-state index contributed by atoms with van der Waals surface area (Å²) >= 11 is 0. The third-order valence-electron chi connectivity index (χ3n) is 3.71. The van der Waals surface area contributed by atoms with Gasteiger partial charge in [-0.3, -0.25) is 4.79 Å². The van der Waals surface area contributed by atoms with Crippen molar-refractivity contribution in [2.24, 2.45) is 5.92 Å². The number of hydrogen-bond acceptors (Lipinski definition) is 1. The van der Waals surface area contributed by atoms with Gasteiger partial charge in [-0.05, 0) is 11.5 Å². The third kappa shape index (κ3) is 3.11. The minimum atomic E-state index is -0.0476. The van der Waals surface area contributed by atoms with Crippen LogP contribution in [0.15, 0.2) is 60.7 Å². The maximum absolute atomic E-state index is 12.7. The van der Waals surface area contributed by atoms with E-state index in [1.54, 1.807) is 0 Å². The van der Waals surface area contributed by atoms with Gasteiger partial charge in [-0.15, -0.1) is 0 Å². The number of benzene rings is 2. The van der Waals surface area contributed by atoms with E-state index >= 15 is 0 Å². The molecule has 0 amide bonds. The van der Waals surface area contributed by atoms with Gasteiger partial charge in [-0.25, -0.2) is 0 Å². The molecule has 0 saturated carbocycles. The second kappa shape index (κ2) is 6.33. The lowest BCUT2D eigenvalue weighted by molar-refractivity contribution is 0.0932. The van der Waals surface area contributed by atoms with E-state index in [-0.39, 0.29) is 11.7 Å². The van der Waals surface area contributed by atoms with Crippen molar-refractivity contribution in [1.82, 2.24) is 0 Å². The smallest absolute Gasteiger partial charge is 0.170 e. The molecule has 2 unspecified atom stereocenters. The van der Waals surface area contributed by atoms with Crippen molar-refractivity contribution in [2.45, 2.75) is 26.2 Å². The first kappa shape index (κ1) is 13.5. The minimum Gasteiger partial charge on any atom is -0.293 e. The Labute approximate surface area is 115 Å². The summed E-state index contributed by atoms with van der Waals surface area (Å²) in [5.74, 6) is 0.518. The van der Waals surface area contributed by atoms with Crippen LogP contribution in [-0.4, -0.2) is 5.78 Å². The average Bonchev–Trinajstić information content (AvgIpc) is 2.49. The largest absolute Gasteiger partial charge is 0.293 e. The Bertz CT molecular complexity index is 516. The lowest BCUT2D eigenvalue weighted by Crippen LogP contribution is -2.19. The molecule has 1 nitrogen and oxygen atoms in total. The predicted octanol–water partition coefficient (Wildman–Crippen LogP) is 4.70. The molecule has 98 valence electrons. The van der Waals surface area contributed by atoms with Crippen LogP contribution in [0.2, 0.25) is 0 Å². The molecule has 0 heterocycles. The second-order valence-corrected chi connectivity index (χ2v) is 5.00. The SMILES string of the molecule is CCC(C)C(C(=O)c1ccccc1)c1ccccc1. The van der Waals surface area contributed by atoms with Crippen LogP contribution in [-0.2, 0) is 0 Å². The molecule has 2 aromatic rings. The molecule has 0 fully saturated rings. The van der Waals surface area contributed by atoms with Gasteiger partial charge in [-0.2, -0.15) is 0 Å². The fourth-order valence-corrected chi connectivity index (χ4v) is 2.42. The van der Waals surface area contributed by atoms with E-state index in [9.17, 15) is 4.79 Å². The van der Waals surface area contributed by atoms with Crippen molar-refractivity contribution in [1.29, 1.82) is 0 Å². The van der Waals surface area contributed by atoms with Crippen molar-refractivity contribution in [3.8, 4) is 0 Å². The van der Waals surface area contributed by atoms with E-state index in [4.69, 9.17) is 0 Å². The molecule has 0 aromatic heterocycles. The third-order valence-corrected chi connectivity index (χ3v) is 3.71. The number of carbonyl (C=O) groups excluding carboxylic acids is 1. The highest BCUT2D eigenvalue weighted by Gasteiger charge is 2.26. The van der Waals surface area contributed by atoms with Crippen LogP contribution in [0.1, 0.15) is 42.1 Å². The first-order valence-corrected chi connectivity index (χ1v) is 6.88. The Morgan fingerprint density at radius 2 is 1.47 bits per heavy atom. The van der Waals surface area contributed by atoms with E-state index < -0.39 is 0 Å². The predicted molar refractivity (Wildman–Crippen MR) is 79.4 cm³/mol. The van der Waals surface area contributed by atoms with Gasteiger partial charge in [-0.1, -0.05) is 80.9 Å². The van der Waals surface area contributed by atoms with Crippen LogP contribution < -0.4 is 0 Å². The molecular weight excluding hydrogens is 232 g/mol. The number of carbonyl (C=O) groups is 1. The molecule has 0 radical (unpaired) electrons. The van der Waals surface area contributed by atoms with Gasteiger partial charge >= 0.3 is 0 Å². The zero-order valence-corrected chi connectivity index (χ0v) is 11.5. The first-order chi connectivity index (χ1) is 9.24. The lowest BCUT2D eigenvalue weighted by Gasteiger charge is -2.22. The normalized spacial score (nSPS) is 13.8. The zero-order valence-electron chi connectivity index (χ0n) is 11.5. The Morgan fingerprint density at radius 1 is 0.947 bits per heavy atom. The molecule has 2 atom stereocenters. The molecule has 0 bridgehead atoms. The van der Waals surface area contributed by atoms with Gasteiger partial charge in [0.05, 0.1) is 0 Å². The Hall–Kier alpha value is -1.89. The molecule has 19 heavy (non-hydrogen) atoms. The van der Waals surface area contributed by atoms with E-state index in [0.717, 1.165) is 17.5 Å². The van der Waals surface area contributed by atoms with Crippen LogP contribution in [0.3, 0.4) is 0 Å². The van der Waals surface area contributed by atoms with E-state index in [1.165, 1.54) is 0 Å². The molecule has 1 heteroatoms. The van der Waals surface area contributed by atoms with E-state index in [1.807, 2.05) is 48.5 Å². The summed E-state index contributed by atoms with van der Waals surface area (Å²) in [5.41, 5.74) is 1.92. The summed E-state index contributed by atoms with van der Waals surface area (Å²) in [4.78, 5) is 12.7. The van der Waals surface area contributed by atoms with Crippen molar-refractivity contribution >= 4 is 5.78 Å². The zero-order chi connectivity index (χ0) is 13.7. The highest BCUT2D eigenvalue weighted by Crippen LogP contribution is 2.30. The summed E-state index contributed by atoms with van der Waals surface area (Å²) in [5, 5.41) is 0. The van der Waals surface area contributed by atoms with Gasteiger partial charge in [0.25, 0.3) is 0 Å². The average molecular weight is 252 g/mol. The van der Waals surface area contributed by atoms with Gasteiger partial charge < -0.3 is 0 Å². The lowest BCUT2D eigenvalue weighted by atomic mass is 9.80. The second-order valence-electron chi connectivity index (χ2n) is 5.00. The van der Waals surface area contributed by atoms with Crippen LogP contribution in [0.25, 0.3) is 0 Å². The van der Waals surface area contributed by atoms with Crippen molar-refractivity contribution in [2.75, 3.05) is 0 Å². The van der Waals surface area contributed by atoms with E-state index in [2.05, 4.69) is 26.0 Å². The summed E-state index contributed by atoms with van der Waals surface area (Å²) in [7, 11) is 0. The monoisotopic (exact) mass is 252 g/mol. The van der Waals surface area contributed by atoms with Crippen molar-refractivity contribution in [3.63, 3.8) is 0 Å². The Kier molecular flexibility index (Phi) is 4.51. The summed E-state index contributed by atoms with van der Waals surface area (Å²) < 4.78 is 0. The van der Waals surface area contributed by atoms with Gasteiger partial charge in [0.2, 0.25) is 0 Å². The van der Waals surface area contributed by atoms with Crippen molar-refractivity contribution < 1.29 is 4.79 Å². The number of ketones is 1. The Balaban J connectivity index is 2.37. The first-order valence-electron chi connectivity index (χ1n) is 6.88. The van der Waals surface area contributed by atoms with Crippen LogP contribution in [0.4, 0.5) is 0 Å². The number of Topliss-reactive ketones (excluding diaryl/α,β-unsaturated/α-hetero) is 1. The van der Waals surface area contributed by atoms with Crippen LogP contribution >= 0.6 is 0 Å². The molecule has 0 aliphatic carbocycles. The molecule has 0 aliphatic rings. The Morgan fingerprint density at radius 3 is 2.00 bits per heavy atom. The summed E-state index contributed by atoms with van der Waals surface area (Å²) in [6, 6.07) is 19.7. The summed E-state index contributed by atoms with van der Waals surface area (Å²) in [6.07, 6.45) is 0.998. The molecule has 2 rings (SSSR count). The molecule has 0 spiro atoms. The van der Waals surface area contributed by atoms with Crippen LogP contribution in [0.5, 0.6) is 0 Å². The quantitative estimate of drug-likeness (QED) is 0.705. The van der Waals surface area contributed by atoms with Gasteiger partial charge in [0, 0.05) is 11.5 Å². The van der Waals surface area contributed by atoms with Gasteiger partial charge in [0.1, 0.15) is 0 Å². The highest BCUT2D eigenvalue weighted by molar-refractivity contribution is 6.01. The maximum Gasteiger partial charge on any atom is 0.170 e. The van der Waals surface area contributed by atoms with Crippen LogP contribution in [0, 0.1) is 5.92 Å². The number of rotatable bonds is 5. The molecule has 0 N–H and O–H groups in total. The standard InChI is InChI=1S/C18H20O/c1-3-14(2)17(15-10-6-4-7-11-15)18(19)16-12-8-5-9-13-16/h4-14,17H,3H2,1-2H3.